The summed E-state index contributed by atoms with van der Waals surface area (Å²) in [6.07, 6.45) is 0. The van der Waals surface area contributed by atoms with E-state index < -0.39 is 0 Å². The fourth-order valence-electron chi connectivity index (χ4n) is 2.48. The molecule has 0 atom stereocenters. The van der Waals surface area contributed by atoms with Crippen molar-refractivity contribution in [2.24, 2.45) is 0 Å². The Morgan fingerprint density at radius 2 is 1.75 bits per heavy atom. The SMILES string of the molecule is Cc1cc(O)ccc1NCc1cccc2ccccc12. The molecule has 3 aromatic rings. The molecule has 0 aliphatic heterocycles. The molecule has 0 bridgehead atoms. The maximum absolute atomic E-state index is 9.44. The Balaban J connectivity index is 1.87. The van der Waals surface area contributed by atoms with E-state index >= 15 is 0 Å². The maximum atomic E-state index is 9.44. The highest BCUT2D eigenvalue weighted by atomic mass is 16.3. The molecular weight excluding hydrogens is 246 g/mol. The number of anilines is 1. The zero-order valence-corrected chi connectivity index (χ0v) is 11.4. The second-order valence-electron chi connectivity index (χ2n) is 4.99. The molecule has 0 aromatic heterocycles. The van der Waals surface area contributed by atoms with Gasteiger partial charge in [0, 0.05) is 12.2 Å². The zero-order valence-electron chi connectivity index (χ0n) is 11.4. The van der Waals surface area contributed by atoms with E-state index in [0.717, 1.165) is 17.8 Å². The first kappa shape index (κ1) is 12.5. The van der Waals surface area contributed by atoms with Crippen LogP contribution in [0.3, 0.4) is 0 Å². The topological polar surface area (TPSA) is 32.3 Å². The molecule has 0 fully saturated rings. The van der Waals surface area contributed by atoms with Crippen molar-refractivity contribution in [3.63, 3.8) is 0 Å². The Hall–Kier alpha value is -2.48. The molecule has 0 radical (unpaired) electrons. The third-order valence-corrected chi connectivity index (χ3v) is 3.56. The van der Waals surface area contributed by atoms with Crippen LogP contribution in [-0.4, -0.2) is 5.11 Å². The van der Waals surface area contributed by atoms with Gasteiger partial charge in [0.05, 0.1) is 0 Å². The number of nitrogens with one attached hydrogen (secondary N) is 1. The number of aryl methyl sites for hydroxylation is 1. The van der Waals surface area contributed by atoms with E-state index in [1.807, 2.05) is 13.0 Å². The van der Waals surface area contributed by atoms with Crippen LogP contribution in [0.2, 0.25) is 0 Å². The van der Waals surface area contributed by atoms with Crippen molar-refractivity contribution >= 4 is 16.5 Å². The average Bonchev–Trinajstić information content (AvgIpc) is 2.46. The lowest BCUT2D eigenvalue weighted by atomic mass is 10.0. The number of rotatable bonds is 3. The second kappa shape index (κ2) is 5.25. The highest BCUT2D eigenvalue weighted by Gasteiger charge is 2.02. The Bertz CT molecular complexity index is 744. The number of hydrogen-bond acceptors (Lipinski definition) is 2. The van der Waals surface area contributed by atoms with Crippen LogP contribution in [0.1, 0.15) is 11.1 Å². The van der Waals surface area contributed by atoms with Gasteiger partial charge < -0.3 is 10.4 Å². The van der Waals surface area contributed by atoms with Crippen LogP contribution >= 0.6 is 0 Å². The van der Waals surface area contributed by atoms with Gasteiger partial charge in [0.15, 0.2) is 0 Å². The normalized spacial score (nSPS) is 10.7. The van der Waals surface area contributed by atoms with Crippen molar-refractivity contribution in [1.29, 1.82) is 0 Å². The van der Waals surface area contributed by atoms with Gasteiger partial charge in [0.25, 0.3) is 0 Å². The van der Waals surface area contributed by atoms with Gasteiger partial charge in [-0.25, -0.2) is 0 Å². The predicted octanol–water partition coefficient (Wildman–Crippen LogP) is 4.47. The molecular formula is C18H17NO. The molecule has 0 saturated carbocycles. The smallest absolute Gasteiger partial charge is 0.115 e. The highest BCUT2D eigenvalue weighted by molar-refractivity contribution is 5.85. The molecule has 3 rings (SSSR count). The Kier molecular flexibility index (Phi) is 3.30. The highest BCUT2D eigenvalue weighted by Crippen LogP contribution is 2.23. The van der Waals surface area contributed by atoms with E-state index in [0.29, 0.717) is 5.75 Å². The van der Waals surface area contributed by atoms with Gasteiger partial charge in [-0.2, -0.15) is 0 Å². The Morgan fingerprint density at radius 1 is 0.950 bits per heavy atom. The largest absolute Gasteiger partial charge is 0.508 e. The number of phenols is 1. The monoisotopic (exact) mass is 263 g/mol. The fraction of sp³-hybridized carbons (Fsp3) is 0.111. The van der Waals surface area contributed by atoms with E-state index in [4.69, 9.17) is 0 Å². The summed E-state index contributed by atoms with van der Waals surface area (Å²) in [6.45, 7) is 2.76. The second-order valence-corrected chi connectivity index (χ2v) is 4.99. The van der Waals surface area contributed by atoms with Gasteiger partial charge in [0.2, 0.25) is 0 Å². The average molecular weight is 263 g/mol. The lowest BCUT2D eigenvalue weighted by molar-refractivity contribution is 0.475. The van der Waals surface area contributed by atoms with Gasteiger partial charge in [0.1, 0.15) is 5.75 Å². The van der Waals surface area contributed by atoms with E-state index in [1.54, 1.807) is 12.1 Å². The summed E-state index contributed by atoms with van der Waals surface area (Å²) in [5.41, 5.74) is 3.37. The molecule has 0 saturated heterocycles. The van der Waals surface area contributed by atoms with Crippen LogP contribution in [-0.2, 0) is 6.54 Å². The molecule has 2 nitrogen and oxygen atoms in total. The van der Waals surface area contributed by atoms with Crippen molar-refractivity contribution in [2.45, 2.75) is 13.5 Å². The third kappa shape index (κ3) is 2.45. The summed E-state index contributed by atoms with van der Waals surface area (Å²) in [6, 6.07) is 20.2. The molecule has 20 heavy (non-hydrogen) atoms. The van der Waals surface area contributed by atoms with Gasteiger partial charge in [-0.1, -0.05) is 42.5 Å². The summed E-state index contributed by atoms with van der Waals surface area (Å²) < 4.78 is 0. The van der Waals surface area contributed by atoms with Crippen molar-refractivity contribution in [2.75, 3.05) is 5.32 Å². The van der Waals surface area contributed by atoms with Crippen LogP contribution in [0.25, 0.3) is 10.8 Å². The van der Waals surface area contributed by atoms with Gasteiger partial charge in [-0.3, -0.25) is 0 Å². The van der Waals surface area contributed by atoms with Crippen LogP contribution in [0.5, 0.6) is 5.75 Å². The van der Waals surface area contributed by atoms with Crippen molar-refractivity contribution in [3.8, 4) is 5.75 Å². The van der Waals surface area contributed by atoms with E-state index in [-0.39, 0.29) is 0 Å². The number of aromatic hydroxyl groups is 1. The van der Waals surface area contributed by atoms with E-state index in [1.165, 1.54) is 16.3 Å². The molecule has 0 unspecified atom stereocenters. The summed E-state index contributed by atoms with van der Waals surface area (Å²) in [7, 11) is 0. The van der Waals surface area contributed by atoms with E-state index in [2.05, 4.69) is 47.8 Å². The van der Waals surface area contributed by atoms with Crippen molar-refractivity contribution in [1.82, 2.24) is 0 Å². The minimum absolute atomic E-state index is 0.304. The van der Waals surface area contributed by atoms with Crippen molar-refractivity contribution in [3.05, 3.63) is 71.8 Å². The quantitative estimate of drug-likeness (QED) is 0.683. The van der Waals surface area contributed by atoms with Crippen LogP contribution in [0.15, 0.2) is 60.7 Å². The molecule has 2 heteroatoms. The molecule has 0 amide bonds. The minimum atomic E-state index is 0.304. The van der Waals surface area contributed by atoms with Gasteiger partial charge in [-0.15, -0.1) is 0 Å². The first-order valence-electron chi connectivity index (χ1n) is 6.74. The minimum Gasteiger partial charge on any atom is -0.508 e. The molecule has 0 aliphatic carbocycles. The maximum Gasteiger partial charge on any atom is 0.115 e. The molecule has 0 aliphatic rings. The Morgan fingerprint density at radius 3 is 2.60 bits per heavy atom. The third-order valence-electron chi connectivity index (χ3n) is 3.56. The lowest BCUT2D eigenvalue weighted by Gasteiger charge is -2.11. The molecule has 0 heterocycles. The zero-order chi connectivity index (χ0) is 13.9. The van der Waals surface area contributed by atoms with Crippen LogP contribution in [0.4, 0.5) is 5.69 Å². The first-order valence-corrected chi connectivity index (χ1v) is 6.74. The Labute approximate surface area is 118 Å². The molecule has 2 N–H and O–H groups in total. The summed E-state index contributed by atoms with van der Waals surface area (Å²) >= 11 is 0. The molecule has 0 spiro atoms. The fourth-order valence-corrected chi connectivity index (χ4v) is 2.48. The first-order chi connectivity index (χ1) is 9.74. The predicted molar refractivity (Wildman–Crippen MR) is 84.1 cm³/mol. The number of fused-ring (bicyclic) bond motifs is 1. The van der Waals surface area contributed by atoms with Gasteiger partial charge in [-0.05, 0) is 47.0 Å². The van der Waals surface area contributed by atoms with E-state index in [9.17, 15) is 5.11 Å². The van der Waals surface area contributed by atoms with Crippen molar-refractivity contribution < 1.29 is 5.11 Å². The standard InChI is InChI=1S/C18H17NO/c1-13-11-16(20)9-10-18(13)19-12-15-7-4-6-14-5-2-3-8-17(14)15/h2-11,19-20H,12H2,1H3. The lowest BCUT2D eigenvalue weighted by Crippen LogP contribution is -2.01. The number of phenolic OH excluding ortho intramolecular Hbond substituents is 1. The summed E-state index contributed by atoms with van der Waals surface area (Å²) in [5, 5.41) is 15.4. The van der Waals surface area contributed by atoms with Crippen LogP contribution < -0.4 is 5.32 Å². The van der Waals surface area contributed by atoms with Gasteiger partial charge >= 0.3 is 0 Å². The summed E-state index contributed by atoms with van der Waals surface area (Å²) in [4.78, 5) is 0. The number of benzene rings is 3. The van der Waals surface area contributed by atoms with Crippen LogP contribution in [0, 0.1) is 6.92 Å². The molecule has 3 aromatic carbocycles. The number of hydrogen-bond donors (Lipinski definition) is 2. The molecule has 100 valence electrons. The summed E-state index contributed by atoms with van der Waals surface area (Å²) in [5.74, 6) is 0.304.